The predicted octanol–water partition coefficient (Wildman–Crippen LogP) is 2.54. The molecule has 0 saturated heterocycles. The average molecular weight is 229 g/mol. The molecule has 2 rings (SSSR count). The maximum absolute atomic E-state index is 12.8. The number of halogens is 2. The fraction of sp³-hybridized carbons (Fsp3) is 0.125. The van der Waals surface area contributed by atoms with Crippen molar-refractivity contribution in [3.05, 3.63) is 34.4 Å². The molecule has 0 aliphatic rings. The highest BCUT2D eigenvalue weighted by atomic mass is 79.9. The SMILES string of the molecule is Cc1cn2cc(F)cc(Br)c2n1. The first-order valence-electron chi connectivity index (χ1n) is 3.47. The summed E-state index contributed by atoms with van der Waals surface area (Å²) in [5.74, 6) is -0.272. The largest absolute Gasteiger partial charge is 0.303 e. The maximum atomic E-state index is 12.8. The number of rotatable bonds is 0. The first-order valence-corrected chi connectivity index (χ1v) is 4.26. The first-order chi connectivity index (χ1) is 5.66. The van der Waals surface area contributed by atoms with Crippen LogP contribution in [0, 0.1) is 12.7 Å². The quantitative estimate of drug-likeness (QED) is 0.678. The van der Waals surface area contributed by atoms with Crippen LogP contribution >= 0.6 is 15.9 Å². The van der Waals surface area contributed by atoms with Crippen molar-refractivity contribution in [1.82, 2.24) is 9.38 Å². The van der Waals surface area contributed by atoms with Crippen molar-refractivity contribution in [2.75, 3.05) is 0 Å². The molecule has 0 saturated carbocycles. The van der Waals surface area contributed by atoms with E-state index >= 15 is 0 Å². The summed E-state index contributed by atoms with van der Waals surface area (Å²) in [5, 5.41) is 0. The lowest BCUT2D eigenvalue weighted by Crippen LogP contribution is -1.86. The van der Waals surface area contributed by atoms with Gasteiger partial charge >= 0.3 is 0 Å². The normalized spacial score (nSPS) is 10.9. The Labute approximate surface area is 77.2 Å². The van der Waals surface area contributed by atoms with Crippen molar-refractivity contribution in [3.63, 3.8) is 0 Å². The third-order valence-corrected chi connectivity index (χ3v) is 2.18. The average Bonchev–Trinajstić information content (AvgIpc) is 2.29. The Bertz CT molecular complexity index is 436. The molecule has 0 atom stereocenters. The van der Waals surface area contributed by atoms with Gasteiger partial charge in [-0.3, -0.25) is 0 Å². The van der Waals surface area contributed by atoms with Crippen LogP contribution in [0.1, 0.15) is 5.69 Å². The summed E-state index contributed by atoms with van der Waals surface area (Å²) in [6.07, 6.45) is 3.18. The van der Waals surface area contributed by atoms with E-state index in [-0.39, 0.29) is 5.82 Å². The third-order valence-electron chi connectivity index (χ3n) is 1.59. The van der Waals surface area contributed by atoms with Crippen LogP contribution in [0.5, 0.6) is 0 Å². The van der Waals surface area contributed by atoms with Crippen molar-refractivity contribution in [3.8, 4) is 0 Å². The van der Waals surface area contributed by atoms with Crippen molar-refractivity contribution in [1.29, 1.82) is 0 Å². The molecule has 0 radical (unpaired) electrons. The number of pyridine rings is 1. The van der Waals surface area contributed by atoms with Gasteiger partial charge in [-0.05, 0) is 28.9 Å². The lowest BCUT2D eigenvalue weighted by atomic mass is 10.4. The van der Waals surface area contributed by atoms with Gasteiger partial charge in [0, 0.05) is 12.4 Å². The Kier molecular flexibility index (Phi) is 1.65. The van der Waals surface area contributed by atoms with Gasteiger partial charge in [0.2, 0.25) is 0 Å². The molecule has 0 unspecified atom stereocenters. The van der Waals surface area contributed by atoms with Gasteiger partial charge in [-0.15, -0.1) is 0 Å². The Balaban J connectivity index is 2.88. The molecule has 0 aliphatic heterocycles. The number of imidazole rings is 1. The van der Waals surface area contributed by atoms with E-state index in [4.69, 9.17) is 0 Å². The molecule has 2 aromatic heterocycles. The smallest absolute Gasteiger partial charge is 0.151 e. The van der Waals surface area contributed by atoms with E-state index in [0.717, 1.165) is 11.3 Å². The van der Waals surface area contributed by atoms with Gasteiger partial charge in [0.25, 0.3) is 0 Å². The van der Waals surface area contributed by atoms with Crippen LogP contribution < -0.4 is 0 Å². The van der Waals surface area contributed by atoms with Crippen LogP contribution in [0.25, 0.3) is 5.65 Å². The van der Waals surface area contributed by atoms with E-state index in [1.165, 1.54) is 12.3 Å². The number of hydrogen-bond donors (Lipinski definition) is 0. The molecule has 4 heteroatoms. The van der Waals surface area contributed by atoms with Gasteiger partial charge < -0.3 is 4.40 Å². The summed E-state index contributed by atoms with van der Waals surface area (Å²) in [4.78, 5) is 4.20. The van der Waals surface area contributed by atoms with Crippen LogP contribution in [-0.4, -0.2) is 9.38 Å². The molecular weight excluding hydrogens is 223 g/mol. The summed E-state index contributed by atoms with van der Waals surface area (Å²) < 4.78 is 15.2. The zero-order valence-corrected chi connectivity index (χ0v) is 7.97. The minimum atomic E-state index is -0.272. The summed E-state index contributed by atoms with van der Waals surface area (Å²) in [5.41, 5.74) is 1.62. The fourth-order valence-corrected chi connectivity index (χ4v) is 1.66. The summed E-state index contributed by atoms with van der Waals surface area (Å²) in [6.45, 7) is 1.87. The molecule has 0 fully saturated rings. The minimum Gasteiger partial charge on any atom is -0.303 e. The zero-order valence-electron chi connectivity index (χ0n) is 6.38. The van der Waals surface area contributed by atoms with E-state index in [9.17, 15) is 4.39 Å². The molecule has 2 nitrogen and oxygen atoms in total. The summed E-state index contributed by atoms with van der Waals surface area (Å²) in [7, 11) is 0. The van der Waals surface area contributed by atoms with Crippen LogP contribution in [0.3, 0.4) is 0 Å². The number of aromatic nitrogens is 2. The molecule has 0 spiro atoms. The zero-order chi connectivity index (χ0) is 8.72. The second-order valence-corrected chi connectivity index (χ2v) is 3.47. The van der Waals surface area contributed by atoms with Gasteiger partial charge in [0.05, 0.1) is 10.2 Å². The Morgan fingerprint density at radius 1 is 1.50 bits per heavy atom. The Morgan fingerprint density at radius 3 is 3.00 bits per heavy atom. The molecule has 2 heterocycles. The van der Waals surface area contributed by atoms with Crippen molar-refractivity contribution >= 4 is 21.6 Å². The van der Waals surface area contributed by atoms with Crippen LogP contribution in [-0.2, 0) is 0 Å². The lowest BCUT2D eigenvalue weighted by Gasteiger charge is -1.95. The highest BCUT2D eigenvalue weighted by Crippen LogP contribution is 2.18. The number of hydrogen-bond acceptors (Lipinski definition) is 1. The first kappa shape index (κ1) is 7.73. The number of aryl methyl sites for hydroxylation is 1. The molecular formula is C8H6BrFN2. The maximum Gasteiger partial charge on any atom is 0.151 e. The van der Waals surface area contributed by atoms with E-state index in [1.807, 2.05) is 6.92 Å². The molecule has 0 aromatic carbocycles. The Hall–Kier alpha value is -0.900. The van der Waals surface area contributed by atoms with Crippen molar-refractivity contribution in [2.45, 2.75) is 6.92 Å². The molecule has 0 N–H and O–H groups in total. The van der Waals surface area contributed by atoms with Gasteiger partial charge in [-0.2, -0.15) is 0 Å². The van der Waals surface area contributed by atoms with E-state index in [2.05, 4.69) is 20.9 Å². The van der Waals surface area contributed by atoms with Gasteiger partial charge in [0.1, 0.15) is 5.82 Å². The minimum absolute atomic E-state index is 0.272. The topological polar surface area (TPSA) is 17.3 Å². The molecule has 12 heavy (non-hydrogen) atoms. The molecule has 0 bridgehead atoms. The predicted molar refractivity (Wildman–Crippen MR) is 47.6 cm³/mol. The monoisotopic (exact) mass is 228 g/mol. The number of nitrogens with zero attached hydrogens (tertiary/aromatic N) is 2. The number of fused-ring (bicyclic) bond motifs is 1. The lowest BCUT2D eigenvalue weighted by molar-refractivity contribution is 0.618. The fourth-order valence-electron chi connectivity index (χ4n) is 1.15. The van der Waals surface area contributed by atoms with Gasteiger partial charge in [-0.1, -0.05) is 0 Å². The second-order valence-electron chi connectivity index (χ2n) is 2.62. The molecule has 62 valence electrons. The van der Waals surface area contributed by atoms with Crippen LogP contribution in [0.2, 0.25) is 0 Å². The third kappa shape index (κ3) is 1.12. The summed E-state index contributed by atoms with van der Waals surface area (Å²) in [6, 6.07) is 1.40. The van der Waals surface area contributed by atoms with E-state index in [1.54, 1.807) is 10.6 Å². The molecule has 0 aliphatic carbocycles. The van der Waals surface area contributed by atoms with Crippen molar-refractivity contribution in [2.24, 2.45) is 0 Å². The van der Waals surface area contributed by atoms with E-state index < -0.39 is 0 Å². The standard InChI is InChI=1S/C8H6BrFN2/c1-5-3-12-4-6(10)2-7(9)8(12)11-5/h2-4H,1H3. The molecule has 0 amide bonds. The second kappa shape index (κ2) is 2.55. The highest BCUT2D eigenvalue weighted by molar-refractivity contribution is 9.10. The van der Waals surface area contributed by atoms with Crippen LogP contribution in [0.15, 0.2) is 22.9 Å². The van der Waals surface area contributed by atoms with Gasteiger partial charge in [0.15, 0.2) is 5.65 Å². The van der Waals surface area contributed by atoms with Gasteiger partial charge in [-0.25, -0.2) is 9.37 Å². The van der Waals surface area contributed by atoms with Crippen molar-refractivity contribution < 1.29 is 4.39 Å². The summed E-state index contributed by atoms with van der Waals surface area (Å²) >= 11 is 3.24. The Morgan fingerprint density at radius 2 is 2.25 bits per heavy atom. The van der Waals surface area contributed by atoms with E-state index in [0.29, 0.717) is 4.47 Å². The highest BCUT2D eigenvalue weighted by Gasteiger charge is 2.03. The molecule has 2 aromatic rings. The van der Waals surface area contributed by atoms with Crippen LogP contribution in [0.4, 0.5) is 4.39 Å².